The first-order chi connectivity index (χ1) is 9.93. The summed E-state index contributed by atoms with van der Waals surface area (Å²) in [4.78, 5) is 26.8. The molecule has 0 aromatic rings. The van der Waals surface area contributed by atoms with Crippen molar-refractivity contribution in [2.24, 2.45) is 5.41 Å². The highest BCUT2D eigenvalue weighted by molar-refractivity contribution is 6.04. The van der Waals surface area contributed by atoms with E-state index in [1.54, 1.807) is 18.7 Å². The highest BCUT2D eigenvalue weighted by Crippen LogP contribution is 2.20. The number of hydrogen-bond donors (Lipinski definition) is 1. The number of nitrogens with zero attached hydrogens (tertiary/aromatic N) is 1. The second-order valence-electron chi connectivity index (χ2n) is 6.26. The van der Waals surface area contributed by atoms with Gasteiger partial charge in [-0.05, 0) is 39.5 Å². The molecule has 0 saturated carbocycles. The Kier molecular flexibility index (Phi) is 7.15. The van der Waals surface area contributed by atoms with Gasteiger partial charge in [-0.1, -0.05) is 13.8 Å². The summed E-state index contributed by atoms with van der Waals surface area (Å²) in [6.07, 6.45) is 3.93. The molecule has 1 N–H and O–H groups in total. The van der Waals surface area contributed by atoms with Crippen molar-refractivity contribution in [3.8, 4) is 0 Å². The van der Waals surface area contributed by atoms with E-state index in [0.717, 1.165) is 32.3 Å². The minimum Gasteiger partial charge on any atom is -0.376 e. The van der Waals surface area contributed by atoms with Gasteiger partial charge >= 0.3 is 0 Å². The normalized spacial score (nSPS) is 18.6. The number of nitrogens with one attached hydrogen (secondary N) is 1. The second kappa shape index (κ2) is 8.37. The fraction of sp³-hybridized carbons (Fsp3) is 0.875. The van der Waals surface area contributed by atoms with E-state index in [0.29, 0.717) is 19.6 Å². The molecule has 0 bridgehead atoms. The van der Waals surface area contributed by atoms with Crippen molar-refractivity contribution in [2.75, 3.05) is 26.2 Å². The van der Waals surface area contributed by atoms with E-state index in [4.69, 9.17) is 4.74 Å². The summed E-state index contributed by atoms with van der Waals surface area (Å²) in [6, 6.07) is 0. The zero-order valence-electron chi connectivity index (χ0n) is 13.9. The Morgan fingerprint density at radius 1 is 1.24 bits per heavy atom. The van der Waals surface area contributed by atoms with Gasteiger partial charge in [0.05, 0.1) is 6.10 Å². The molecule has 1 rings (SSSR count). The van der Waals surface area contributed by atoms with Crippen molar-refractivity contribution >= 4 is 11.8 Å². The first-order valence-corrected chi connectivity index (χ1v) is 8.12. The van der Waals surface area contributed by atoms with E-state index in [1.165, 1.54) is 0 Å². The SMILES string of the molecule is CCCN(CCC)C(=O)C(C)(C)C(=O)NCC1CCCO1. The van der Waals surface area contributed by atoms with Crippen LogP contribution in [0.1, 0.15) is 53.4 Å². The van der Waals surface area contributed by atoms with Crippen LogP contribution >= 0.6 is 0 Å². The lowest BCUT2D eigenvalue weighted by Gasteiger charge is -2.31. The molecule has 0 radical (unpaired) electrons. The van der Waals surface area contributed by atoms with Crippen molar-refractivity contribution in [3.63, 3.8) is 0 Å². The van der Waals surface area contributed by atoms with Crippen LogP contribution in [0.2, 0.25) is 0 Å². The third-order valence-corrected chi connectivity index (χ3v) is 3.89. The molecule has 5 nitrogen and oxygen atoms in total. The van der Waals surface area contributed by atoms with Gasteiger partial charge in [0, 0.05) is 26.2 Å². The van der Waals surface area contributed by atoms with Gasteiger partial charge in [-0.2, -0.15) is 0 Å². The van der Waals surface area contributed by atoms with Gasteiger partial charge < -0.3 is 15.0 Å². The average molecular weight is 298 g/mol. The molecule has 0 aromatic heterocycles. The minimum atomic E-state index is -1.02. The second-order valence-corrected chi connectivity index (χ2v) is 6.26. The highest BCUT2D eigenvalue weighted by atomic mass is 16.5. The molecule has 2 amide bonds. The van der Waals surface area contributed by atoms with Crippen molar-refractivity contribution in [1.29, 1.82) is 0 Å². The van der Waals surface area contributed by atoms with Crippen LogP contribution in [-0.4, -0.2) is 49.1 Å². The summed E-state index contributed by atoms with van der Waals surface area (Å²) in [5, 5.41) is 2.87. The van der Waals surface area contributed by atoms with Gasteiger partial charge in [-0.3, -0.25) is 9.59 Å². The molecule has 1 aliphatic rings. The van der Waals surface area contributed by atoms with Gasteiger partial charge in [-0.15, -0.1) is 0 Å². The van der Waals surface area contributed by atoms with Crippen LogP contribution in [0.3, 0.4) is 0 Å². The Hall–Kier alpha value is -1.10. The molecule has 1 atom stereocenters. The predicted octanol–water partition coefficient (Wildman–Crippen LogP) is 1.96. The first-order valence-electron chi connectivity index (χ1n) is 8.12. The third-order valence-electron chi connectivity index (χ3n) is 3.89. The number of rotatable bonds is 8. The van der Waals surface area contributed by atoms with Crippen LogP contribution in [0, 0.1) is 5.41 Å². The summed E-state index contributed by atoms with van der Waals surface area (Å²) in [7, 11) is 0. The van der Waals surface area contributed by atoms with Crippen LogP contribution in [0.25, 0.3) is 0 Å². The smallest absolute Gasteiger partial charge is 0.237 e. The van der Waals surface area contributed by atoms with E-state index in [9.17, 15) is 9.59 Å². The fourth-order valence-electron chi connectivity index (χ4n) is 2.58. The summed E-state index contributed by atoms with van der Waals surface area (Å²) >= 11 is 0. The standard InChI is InChI=1S/C16H30N2O3/c1-5-9-18(10-6-2)15(20)16(3,4)14(19)17-12-13-8-7-11-21-13/h13H,5-12H2,1-4H3,(H,17,19). The molecule has 0 aliphatic carbocycles. The molecular weight excluding hydrogens is 268 g/mol. The zero-order valence-corrected chi connectivity index (χ0v) is 13.9. The van der Waals surface area contributed by atoms with Gasteiger partial charge in [0.1, 0.15) is 5.41 Å². The molecule has 1 fully saturated rings. The van der Waals surface area contributed by atoms with Crippen molar-refractivity contribution < 1.29 is 14.3 Å². The largest absolute Gasteiger partial charge is 0.376 e. The molecule has 1 aliphatic heterocycles. The molecule has 5 heteroatoms. The molecule has 1 saturated heterocycles. The molecule has 1 unspecified atom stereocenters. The number of carbonyl (C=O) groups is 2. The minimum absolute atomic E-state index is 0.0870. The lowest BCUT2D eigenvalue weighted by molar-refractivity contribution is -0.148. The molecule has 0 spiro atoms. The fourth-order valence-corrected chi connectivity index (χ4v) is 2.58. The molecule has 21 heavy (non-hydrogen) atoms. The quantitative estimate of drug-likeness (QED) is 0.697. The van der Waals surface area contributed by atoms with E-state index < -0.39 is 5.41 Å². The predicted molar refractivity (Wildman–Crippen MR) is 82.9 cm³/mol. The first kappa shape index (κ1) is 18.0. The molecule has 1 heterocycles. The Bertz CT molecular complexity index is 343. The van der Waals surface area contributed by atoms with Gasteiger partial charge in [0.15, 0.2) is 0 Å². The Balaban J connectivity index is 2.58. The summed E-state index contributed by atoms with van der Waals surface area (Å²) in [5.74, 6) is -0.295. The average Bonchev–Trinajstić information content (AvgIpc) is 2.96. The highest BCUT2D eigenvalue weighted by Gasteiger charge is 2.38. The maximum atomic E-state index is 12.6. The van der Waals surface area contributed by atoms with Crippen LogP contribution < -0.4 is 5.32 Å². The molecular formula is C16H30N2O3. The Labute approximate surface area is 128 Å². The topological polar surface area (TPSA) is 58.6 Å². The number of amides is 2. The van der Waals surface area contributed by atoms with Crippen molar-refractivity contribution in [2.45, 2.75) is 59.5 Å². The maximum absolute atomic E-state index is 12.6. The summed E-state index contributed by atoms with van der Waals surface area (Å²) in [5.41, 5.74) is -1.02. The van der Waals surface area contributed by atoms with E-state index >= 15 is 0 Å². The van der Waals surface area contributed by atoms with Crippen LogP contribution in [0.15, 0.2) is 0 Å². The monoisotopic (exact) mass is 298 g/mol. The number of carbonyl (C=O) groups excluding carboxylic acids is 2. The van der Waals surface area contributed by atoms with E-state index in [1.807, 2.05) is 13.8 Å². The van der Waals surface area contributed by atoms with Crippen LogP contribution in [0.4, 0.5) is 0 Å². The zero-order chi connectivity index (χ0) is 15.9. The van der Waals surface area contributed by atoms with Crippen molar-refractivity contribution in [1.82, 2.24) is 10.2 Å². The van der Waals surface area contributed by atoms with E-state index in [2.05, 4.69) is 5.32 Å². The van der Waals surface area contributed by atoms with Crippen LogP contribution in [-0.2, 0) is 14.3 Å². The summed E-state index contributed by atoms with van der Waals surface area (Å²) in [6.45, 7) is 10.2. The van der Waals surface area contributed by atoms with Gasteiger partial charge in [-0.25, -0.2) is 0 Å². The van der Waals surface area contributed by atoms with Crippen LogP contribution in [0.5, 0.6) is 0 Å². The third kappa shape index (κ3) is 4.99. The summed E-state index contributed by atoms with van der Waals surface area (Å²) < 4.78 is 5.49. The number of hydrogen-bond acceptors (Lipinski definition) is 3. The van der Waals surface area contributed by atoms with Gasteiger partial charge in [0.25, 0.3) is 0 Å². The lowest BCUT2D eigenvalue weighted by atomic mass is 9.90. The lowest BCUT2D eigenvalue weighted by Crippen LogP contribution is -2.51. The Morgan fingerprint density at radius 2 is 1.86 bits per heavy atom. The van der Waals surface area contributed by atoms with E-state index in [-0.39, 0.29) is 17.9 Å². The Morgan fingerprint density at radius 3 is 2.33 bits per heavy atom. The molecule has 0 aromatic carbocycles. The maximum Gasteiger partial charge on any atom is 0.237 e. The van der Waals surface area contributed by atoms with Gasteiger partial charge in [0.2, 0.25) is 11.8 Å². The van der Waals surface area contributed by atoms with Crippen molar-refractivity contribution in [3.05, 3.63) is 0 Å². The number of ether oxygens (including phenoxy) is 1. The molecule has 122 valence electrons.